The minimum Gasteiger partial charge on any atom is -0.480 e. The summed E-state index contributed by atoms with van der Waals surface area (Å²) in [4.78, 5) is 47.5. The zero-order chi connectivity index (χ0) is 20.4. The molecule has 1 aromatic carbocycles. The van der Waals surface area contributed by atoms with E-state index in [2.05, 4.69) is 19.5 Å². The molecule has 0 radical (unpaired) electrons. The summed E-state index contributed by atoms with van der Waals surface area (Å²) < 4.78 is 19.3. The molecule has 148 valence electrons. The predicted molar refractivity (Wildman–Crippen MR) is 94.5 cm³/mol. The number of esters is 3. The van der Waals surface area contributed by atoms with Gasteiger partial charge in [0, 0.05) is 18.7 Å². The van der Waals surface area contributed by atoms with Crippen molar-refractivity contribution in [1.29, 1.82) is 0 Å². The van der Waals surface area contributed by atoms with Crippen molar-refractivity contribution in [2.24, 2.45) is 0 Å². The second kappa shape index (κ2) is 10.6. The summed E-state index contributed by atoms with van der Waals surface area (Å²) in [5.41, 5.74) is 0.728. The van der Waals surface area contributed by atoms with Gasteiger partial charge in [-0.1, -0.05) is 0 Å². The molecule has 0 unspecified atom stereocenters. The Morgan fingerprint density at radius 3 is 1.96 bits per heavy atom. The second-order valence-corrected chi connectivity index (χ2v) is 5.24. The van der Waals surface area contributed by atoms with Gasteiger partial charge in [-0.15, -0.1) is 0 Å². The third-order valence-corrected chi connectivity index (χ3v) is 3.29. The van der Waals surface area contributed by atoms with E-state index in [1.54, 1.807) is 6.07 Å². The highest BCUT2D eigenvalue weighted by Crippen LogP contribution is 2.32. The number of carbonyl (C=O) groups excluding carboxylic acids is 4. The minimum absolute atomic E-state index is 0.152. The third-order valence-electron chi connectivity index (χ3n) is 3.29. The monoisotopic (exact) mass is 382 g/mol. The number of anilines is 2. The van der Waals surface area contributed by atoms with Crippen molar-refractivity contribution in [1.82, 2.24) is 0 Å². The van der Waals surface area contributed by atoms with Crippen molar-refractivity contribution in [2.75, 3.05) is 51.2 Å². The van der Waals surface area contributed by atoms with Crippen molar-refractivity contribution in [3.63, 3.8) is 0 Å². The van der Waals surface area contributed by atoms with Gasteiger partial charge in [-0.05, 0) is 12.1 Å². The van der Waals surface area contributed by atoms with Gasteiger partial charge in [0.15, 0.2) is 6.61 Å². The van der Waals surface area contributed by atoms with Crippen molar-refractivity contribution >= 4 is 35.2 Å². The Hall–Kier alpha value is -3.30. The lowest BCUT2D eigenvalue weighted by Crippen LogP contribution is -2.36. The van der Waals surface area contributed by atoms with Crippen LogP contribution in [0, 0.1) is 0 Å². The number of nitrogens with zero attached hydrogens (tertiary/aromatic N) is 1. The first kappa shape index (κ1) is 21.7. The highest BCUT2D eigenvalue weighted by Gasteiger charge is 2.21. The number of benzene rings is 1. The van der Waals surface area contributed by atoms with Crippen LogP contribution in [-0.2, 0) is 33.4 Å². The van der Waals surface area contributed by atoms with Crippen LogP contribution in [0.2, 0.25) is 0 Å². The van der Waals surface area contributed by atoms with Gasteiger partial charge in [-0.3, -0.25) is 14.4 Å². The van der Waals surface area contributed by atoms with Crippen molar-refractivity contribution < 1.29 is 38.1 Å². The van der Waals surface area contributed by atoms with Gasteiger partial charge in [-0.2, -0.15) is 0 Å². The van der Waals surface area contributed by atoms with E-state index in [1.807, 2.05) is 0 Å². The average molecular weight is 382 g/mol. The standard InChI is InChI=1S/C17H22N2O8/c1-11(20)18-12-5-6-13(14(7-12)27-10-17(23)26-4)19(8-15(21)24-2)9-16(22)25-3/h5-7H,8-10H2,1-4H3,(H,18,20). The first-order chi connectivity index (χ1) is 12.8. The van der Waals surface area contributed by atoms with Gasteiger partial charge in [0.1, 0.15) is 18.8 Å². The first-order valence-electron chi connectivity index (χ1n) is 7.80. The van der Waals surface area contributed by atoms with Gasteiger partial charge in [0.25, 0.3) is 0 Å². The van der Waals surface area contributed by atoms with Crippen LogP contribution in [-0.4, -0.2) is 64.8 Å². The normalized spacial score (nSPS) is 9.78. The summed E-state index contributed by atoms with van der Waals surface area (Å²) in [5, 5.41) is 2.58. The second-order valence-electron chi connectivity index (χ2n) is 5.24. The first-order valence-corrected chi connectivity index (χ1v) is 7.80. The van der Waals surface area contributed by atoms with Gasteiger partial charge in [0.05, 0.1) is 27.0 Å². The molecule has 1 N–H and O–H groups in total. The Morgan fingerprint density at radius 2 is 1.48 bits per heavy atom. The van der Waals surface area contributed by atoms with Gasteiger partial charge in [0.2, 0.25) is 5.91 Å². The molecule has 0 aromatic heterocycles. The van der Waals surface area contributed by atoms with E-state index in [0.29, 0.717) is 11.4 Å². The van der Waals surface area contributed by atoms with Crippen LogP contribution in [0.15, 0.2) is 18.2 Å². The van der Waals surface area contributed by atoms with E-state index in [1.165, 1.54) is 45.3 Å². The Labute approximate surface area is 156 Å². The molecule has 0 saturated carbocycles. The van der Waals surface area contributed by atoms with Crippen LogP contribution in [0.1, 0.15) is 6.92 Å². The SMILES string of the molecule is COC(=O)COc1cc(NC(C)=O)ccc1N(CC(=O)OC)CC(=O)OC. The maximum atomic E-state index is 11.7. The lowest BCUT2D eigenvalue weighted by Gasteiger charge is -2.25. The summed E-state index contributed by atoms with van der Waals surface area (Å²) in [6.45, 7) is 0.403. The molecule has 27 heavy (non-hydrogen) atoms. The molecule has 0 saturated heterocycles. The zero-order valence-electron chi connectivity index (χ0n) is 15.6. The summed E-state index contributed by atoms with van der Waals surface area (Å²) in [6, 6.07) is 4.55. The third kappa shape index (κ3) is 7.22. The van der Waals surface area contributed by atoms with E-state index >= 15 is 0 Å². The number of nitrogens with one attached hydrogen (secondary N) is 1. The number of methoxy groups -OCH3 is 3. The highest BCUT2D eigenvalue weighted by molar-refractivity contribution is 5.90. The molecule has 1 aromatic rings. The molecule has 1 amide bonds. The summed E-state index contributed by atoms with van der Waals surface area (Å²) in [7, 11) is 3.64. The van der Waals surface area contributed by atoms with Crippen LogP contribution in [0.3, 0.4) is 0 Å². The van der Waals surface area contributed by atoms with Crippen molar-refractivity contribution in [3.05, 3.63) is 18.2 Å². The van der Waals surface area contributed by atoms with E-state index in [0.717, 1.165) is 0 Å². The summed E-state index contributed by atoms with van der Waals surface area (Å²) >= 11 is 0. The Balaban J connectivity index is 3.26. The van der Waals surface area contributed by atoms with Crippen LogP contribution >= 0.6 is 0 Å². The molecule has 0 aliphatic rings. The van der Waals surface area contributed by atoms with Gasteiger partial charge < -0.3 is 29.2 Å². The Morgan fingerprint density at radius 1 is 0.926 bits per heavy atom. The van der Waals surface area contributed by atoms with E-state index in [9.17, 15) is 19.2 Å². The minimum atomic E-state index is -0.627. The van der Waals surface area contributed by atoms with Gasteiger partial charge >= 0.3 is 17.9 Å². The highest BCUT2D eigenvalue weighted by atomic mass is 16.6. The Kier molecular flexibility index (Phi) is 8.57. The van der Waals surface area contributed by atoms with Crippen LogP contribution in [0.5, 0.6) is 5.75 Å². The molecule has 0 fully saturated rings. The fraction of sp³-hybridized carbons (Fsp3) is 0.412. The summed E-state index contributed by atoms with van der Waals surface area (Å²) in [5.74, 6) is -1.96. The number of hydrogen-bond donors (Lipinski definition) is 1. The van der Waals surface area contributed by atoms with Crippen LogP contribution < -0.4 is 15.0 Å². The largest absolute Gasteiger partial charge is 0.480 e. The fourth-order valence-corrected chi connectivity index (χ4v) is 2.03. The maximum Gasteiger partial charge on any atom is 0.343 e. The lowest BCUT2D eigenvalue weighted by atomic mass is 10.2. The Bertz CT molecular complexity index is 686. The lowest BCUT2D eigenvalue weighted by molar-refractivity contribution is -0.143. The number of carbonyl (C=O) groups is 4. The molecular weight excluding hydrogens is 360 g/mol. The number of hydrogen-bond acceptors (Lipinski definition) is 9. The molecule has 0 spiro atoms. The number of amides is 1. The van der Waals surface area contributed by atoms with Crippen LogP contribution in [0.25, 0.3) is 0 Å². The summed E-state index contributed by atoms with van der Waals surface area (Å²) in [6.07, 6.45) is 0. The number of rotatable bonds is 9. The smallest absolute Gasteiger partial charge is 0.343 e. The van der Waals surface area contributed by atoms with E-state index in [4.69, 9.17) is 4.74 Å². The molecule has 0 heterocycles. The predicted octanol–water partition coefficient (Wildman–Crippen LogP) is 0.349. The molecule has 1 rings (SSSR count). The maximum absolute atomic E-state index is 11.7. The average Bonchev–Trinajstić information content (AvgIpc) is 2.64. The van der Waals surface area contributed by atoms with Crippen molar-refractivity contribution in [2.45, 2.75) is 6.92 Å². The molecule has 0 aliphatic heterocycles. The topological polar surface area (TPSA) is 120 Å². The molecular formula is C17H22N2O8. The molecule has 10 nitrogen and oxygen atoms in total. The molecule has 0 atom stereocenters. The van der Waals surface area contributed by atoms with E-state index < -0.39 is 24.5 Å². The molecule has 0 aliphatic carbocycles. The number of ether oxygens (including phenoxy) is 4. The fourth-order valence-electron chi connectivity index (χ4n) is 2.03. The van der Waals surface area contributed by atoms with E-state index in [-0.39, 0.29) is 24.7 Å². The molecule has 0 bridgehead atoms. The quantitative estimate of drug-likeness (QED) is 0.476. The zero-order valence-corrected chi connectivity index (χ0v) is 15.6. The van der Waals surface area contributed by atoms with Crippen molar-refractivity contribution in [3.8, 4) is 5.75 Å². The molecule has 10 heteroatoms. The van der Waals surface area contributed by atoms with Gasteiger partial charge in [-0.25, -0.2) is 4.79 Å². The van der Waals surface area contributed by atoms with Crippen LogP contribution in [0.4, 0.5) is 11.4 Å².